The van der Waals surface area contributed by atoms with Crippen LogP contribution in [0, 0.1) is 0 Å². The summed E-state index contributed by atoms with van der Waals surface area (Å²) in [6.45, 7) is 6.92. The zero-order valence-corrected chi connectivity index (χ0v) is 18.1. The molecule has 2 atom stereocenters. The third-order valence-electron chi connectivity index (χ3n) is 5.23. The van der Waals surface area contributed by atoms with Crippen molar-refractivity contribution < 1.29 is 14.2 Å². The summed E-state index contributed by atoms with van der Waals surface area (Å²) >= 11 is 0. The highest BCUT2D eigenvalue weighted by atomic mass is 16.7. The molecule has 2 unspecified atom stereocenters. The predicted molar refractivity (Wildman–Crippen MR) is 118 cm³/mol. The molecule has 2 aromatic rings. The Morgan fingerprint density at radius 1 is 0.966 bits per heavy atom. The maximum absolute atomic E-state index is 6.55. The summed E-state index contributed by atoms with van der Waals surface area (Å²) in [5, 5.41) is 0. The monoisotopic (exact) mass is 398 g/mol. The number of hydrogen-bond donors (Lipinski definition) is 0. The topological polar surface area (TPSA) is 34.2 Å². The van der Waals surface area contributed by atoms with Gasteiger partial charge in [-0.2, -0.15) is 0 Å². The lowest BCUT2D eigenvalue weighted by molar-refractivity contribution is -0.131. The molecule has 1 heterocycles. The maximum Gasteiger partial charge on any atom is 0.174 e. The van der Waals surface area contributed by atoms with Crippen LogP contribution in [0.25, 0.3) is 0 Å². The van der Waals surface area contributed by atoms with Crippen LogP contribution in [0.1, 0.15) is 31.9 Å². The Kier molecular flexibility index (Phi) is 7.92. The second-order valence-electron chi connectivity index (χ2n) is 7.57. The van der Waals surface area contributed by atoms with Crippen molar-refractivity contribution in [1.29, 1.82) is 0 Å². The highest BCUT2D eigenvalue weighted by Crippen LogP contribution is 2.42. The fourth-order valence-corrected chi connectivity index (χ4v) is 3.90. The third kappa shape index (κ3) is 5.50. The van der Waals surface area contributed by atoms with E-state index in [2.05, 4.69) is 66.4 Å². The predicted octanol–water partition coefficient (Wildman–Crippen LogP) is 4.35. The number of benzene rings is 2. The molecule has 29 heavy (non-hydrogen) atoms. The van der Waals surface area contributed by atoms with Crippen LogP contribution in [0.2, 0.25) is 0 Å². The van der Waals surface area contributed by atoms with Gasteiger partial charge in [0, 0.05) is 13.2 Å². The first kappa shape index (κ1) is 21.6. The van der Waals surface area contributed by atoms with Crippen LogP contribution in [-0.4, -0.2) is 57.6 Å². The van der Waals surface area contributed by atoms with E-state index in [0.717, 1.165) is 24.4 Å². The fraction of sp³-hybridized carbons (Fsp3) is 0.500. The maximum atomic E-state index is 6.55. The van der Waals surface area contributed by atoms with E-state index in [1.54, 1.807) is 0 Å². The Labute approximate surface area is 175 Å². The average Bonchev–Trinajstić information content (AvgIpc) is 2.73. The lowest BCUT2D eigenvalue weighted by Crippen LogP contribution is -2.50. The quantitative estimate of drug-likeness (QED) is 0.556. The SMILES string of the molecule is CCOC(CN1c2ccccc2OC(c2ccccc2)C1CCN(C)C)OCC. The Bertz CT molecular complexity index is 732. The molecule has 0 saturated carbocycles. The van der Waals surface area contributed by atoms with E-state index in [1.165, 1.54) is 5.56 Å². The molecule has 3 rings (SSSR count). The Morgan fingerprint density at radius 2 is 1.62 bits per heavy atom. The number of anilines is 1. The van der Waals surface area contributed by atoms with E-state index in [4.69, 9.17) is 14.2 Å². The highest BCUT2D eigenvalue weighted by Gasteiger charge is 2.37. The molecule has 0 bridgehead atoms. The number of fused-ring (bicyclic) bond motifs is 1. The van der Waals surface area contributed by atoms with E-state index in [1.807, 2.05) is 26.0 Å². The summed E-state index contributed by atoms with van der Waals surface area (Å²) in [6.07, 6.45) is 0.663. The van der Waals surface area contributed by atoms with Gasteiger partial charge in [-0.15, -0.1) is 0 Å². The van der Waals surface area contributed by atoms with E-state index in [-0.39, 0.29) is 18.4 Å². The molecule has 2 aromatic carbocycles. The molecular formula is C24H34N2O3. The minimum Gasteiger partial charge on any atom is -0.481 e. The third-order valence-corrected chi connectivity index (χ3v) is 5.23. The first-order chi connectivity index (χ1) is 14.1. The first-order valence-corrected chi connectivity index (χ1v) is 10.6. The summed E-state index contributed by atoms with van der Waals surface area (Å²) in [7, 11) is 4.23. The Hall–Kier alpha value is -2.08. The molecule has 5 nitrogen and oxygen atoms in total. The summed E-state index contributed by atoms with van der Waals surface area (Å²) in [5.41, 5.74) is 2.30. The lowest BCUT2D eigenvalue weighted by atomic mass is 9.95. The van der Waals surface area contributed by atoms with Gasteiger partial charge in [0.05, 0.1) is 18.3 Å². The van der Waals surface area contributed by atoms with Gasteiger partial charge in [-0.1, -0.05) is 42.5 Å². The molecule has 0 radical (unpaired) electrons. The van der Waals surface area contributed by atoms with Crippen LogP contribution in [0.3, 0.4) is 0 Å². The van der Waals surface area contributed by atoms with Crippen LogP contribution in [0.15, 0.2) is 54.6 Å². The molecular weight excluding hydrogens is 364 g/mol. The number of ether oxygens (including phenoxy) is 3. The van der Waals surface area contributed by atoms with E-state index in [9.17, 15) is 0 Å². The zero-order chi connectivity index (χ0) is 20.6. The molecule has 0 fully saturated rings. The Morgan fingerprint density at radius 3 is 2.28 bits per heavy atom. The summed E-state index contributed by atoms with van der Waals surface area (Å²) in [5.74, 6) is 0.911. The van der Waals surface area contributed by atoms with E-state index >= 15 is 0 Å². The summed E-state index contributed by atoms with van der Waals surface area (Å²) in [4.78, 5) is 4.65. The summed E-state index contributed by atoms with van der Waals surface area (Å²) < 4.78 is 18.4. The molecule has 5 heteroatoms. The van der Waals surface area contributed by atoms with Gasteiger partial charge in [-0.05, 0) is 58.6 Å². The molecule has 0 spiro atoms. The molecule has 1 aliphatic rings. The largest absolute Gasteiger partial charge is 0.481 e. The average molecular weight is 399 g/mol. The van der Waals surface area contributed by atoms with Crippen LogP contribution < -0.4 is 9.64 Å². The second kappa shape index (κ2) is 10.6. The highest BCUT2D eigenvalue weighted by molar-refractivity contribution is 5.61. The minimum absolute atomic E-state index is 0.0463. The standard InChI is InChI=1S/C24H34N2O3/c1-5-27-23(28-6-2)18-26-20-14-10-11-15-22(20)29-24(19-12-8-7-9-13-19)21(26)16-17-25(3)4/h7-15,21,23-24H,5-6,16-18H2,1-4H3. The number of para-hydroxylation sites is 2. The van der Waals surface area contributed by atoms with Crippen molar-refractivity contribution in [2.24, 2.45) is 0 Å². The van der Waals surface area contributed by atoms with Gasteiger partial charge in [0.2, 0.25) is 0 Å². The van der Waals surface area contributed by atoms with Gasteiger partial charge in [0.15, 0.2) is 6.29 Å². The van der Waals surface area contributed by atoms with Crippen molar-refractivity contribution in [3.05, 3.63) is 60.2 Å². The first-order valence-electron chi connectivity index (χ1n) is 10.6. The smallest absolute Gasteiger partial charge is 0.174 e. The van der Waals surface area contributed by atoms with Crippen LogP contribution in [0.5, 0.6) is 5.75 Å². The molecule has 1 aliphatic heterocycles. The second-order valence-corrected chi connectivity index (χ2v) is 7.57. The number of rotatable bonds is 10. The van der Waals surface area contributed by atoms with Crippen molar-refractivity contribution in [1.82, 2.24) is 4.90 Å². The van der Waals surface area contributed by atoms with Crippen molar-refractivity contribution in [2.75, 3.05) is 45.3 Å². The van der Waals surface area contributed by atoms with Crippen molar-refractivity contribution >= 4 is 5.69 Å². The summed E-state index contributed by atoms with van der Waals surface area (Å²) in [6, 6.07) is 19.0. The molecule has 0 saturated heterocycles. The molecule has 0 aromatic heterocycles. The minimum atomic E-state index is -0.269. The fourth-order valence-electron chi connectivity index (χ4n) is 3.90. The van der Waals surface area contributed by atoms with Gasteiger partial charge in [-0.3, -0.25) is 0 Å². The molecule has 158 valence electrons. The van der Waals surface area contributed by atoms with Gasteiger partial charge < -0.3 is 24.0 Å². The van der Waals surface area contributed by atoms with Crippen LogP contribution >= 0.6 is 0 Å². The van der Waals surface area contributed by atoms with Gasteiger partial charge in [0.1, 0.15) is 11.9 Å². The van der Waals surface area contributed by atoms with Crippen molar-refractivity contribution in [3.63, 3.8) is 0 Å². The lowest BCUT2D eigenvalue weighted by Gasteiger charge is -2.45. The normalized spacial score (nSPS) is 18.8. The van der Waals surface area contributed by atoms with Crippen LogP contribution in [0.4, 0.5) is 5.69 Å². The Balaban J connectivity index is 1.98. The van der Waals surface area contributed by atoms with Gasteiger partial charge in [0.25, 0.3) is 0 Å². The molecule has 0 amide bonds. The number of hydrogen-bond acceptors (Lipinski definition) is 5. The molecule has 0 aliphatic carbocycles. The van der Waals surface area contributed by atoms with Gasteiger partial charge in [-0.25, -0.2) is 0 Å². The van der Waals surface area contributed by atoms with Gasteiger partial charge >= 0.3 is 0 Å². The zero-order valence-electron chi connectivity index (χ0n) is 18.1. The van der Waals surface area contributed by atoms with E-state index in [0.29, 0.717) is 19.8 Å². The van der Waals surface area contributed by atoms with Crippen molar-refractivity contribution in [3.8, 4) is 5.75 Å². The van der Waals surface area contributed by atoms with Crippen LogP contribution in [-0.2, 0) is 9.47 Å². The number of nitrogens with zero attached hydrogens (tertiary/aromatic N) is 2. The van der Waals surface area contributed by atoms with E-state index < -0.39 is 0 Å². The van der Waals surface area contributed by atoms with Crippen molar-refractivity contribution in [2.45, 2.75) is 38.7 Å². The molecule has 0 N–H and O–H groups in total.